The van der Waals surface area contributed by atoms with Crippen LogP contribution in [-0.4, -0.2) is 21.4 Å². The lowest BCUT2D eigenvalue weighted by Gasteiger charge is -2.40. The number of hydrogen-bond acceptors (Lipinski definition) is 3. The van der Waals surface area contributed by atoms with Crippen LogP contribution in [0.3, 0.4) is 0 Å². The van der Waals surface area contributed by atoms with E-state index in [0.717, 1.165) is 24.9 Å². The number of non-ortho nitro benzene ring substituents is 1. The molecule has 0 bridgehead atoms. The van der Waals surface area contributed by atoms with Gasteiger partial charge in [-0.05, 0) is 39.7 Å². The van der Waals surface area contributed by atoms with Crippen molar-refractivity contribution in [1.82, 2.24) is 4.90 Å². The zero-order valence-electron chi connectivity index (χ0n) is 13.2. The van der Waals surface area contributed by atoms with Crippen LogP contribution < -0.4 is 0 Å². The standard InChI is InChI=1S/C16H26N2O2/c1-6-7-13(2)17(16(3,4)5)12-14-8-10-15(11-9-14)18(19)20/h8-11,13H,6-7,12H2,1-5H3. The van der Waals surface area contributed by atoms with Gasteiger partial charge in [0, 0.05) is 30.3 Å². The van der Waals surface area contributed by atoms with E-state index in [1.54, 1.807) is 12.1 Å². The molecule has 0 spiro atoms. The first-order valence-corrected chi connectivity index (χ1v) is 7.25. The number of nitro groups is 1. The molecule has 0 heterocycles. The average Bonchev–Trinajstić information content (AvgIpc) is 2.35. The highest BCUT2D eigenvalue weighted by molar-refractivity contribution is 5.32. The van der Waals surface area contributed by atoms with Gasteiger partial charge in [0.05, 0.1) is 4.92 Å². The number of rotatable bonds is 6. The van der Waals surface area contributed by atoms with E-state index < -0.39 is 0 Å². The van der Waals surface area contributed by atoms with Crippen molar-refractivity contribution in [3.63, 3.8) is 0 Å². The number of nitro benzene ring substituents is 1. The third kappa shape index (κ3) is 4.60. The lowest BCUT2D eigenvalue weighted by Crippen LogP contribution is -2.46. The fraction of sp³-hybridized carbons (Fsp3) is 0.625. The molecule has 0 radical (unpaired) electrons. The summed E-state index contributed by atoms with van der Waals surface area (Å²) in [7, 11) is 0. The first-order valence-electron chi connectivity index (χ1n) is 7.25. The quantitative estimate of drug-likeness (QED) is 0.573. The second-order valence-electron chi connectivity index (χ2n) is 6.36. The fourth-order valence-corrected chi connectivity index (χ4v) is 2.55. The summed E-state index contributed by atoms with van der Waals surface area (Å²) in [5, 5.41) is 10.7. The Morgan fingerprint density at radius 2 is 1.80 bits per heavy atom. The smallest absolute Gasteiger partial charge is 0.269 e. The van der Waals surface area contributed by atoms with Gasteiger partial charge in [-0.25, -0.2) is 0 Å². The Morgan fingerprint density at radius 3 is 2.20 bits per heavy atom. The van der Waals surface area contributed by atoms with E-state index in [-0.39, 0.29) is 16.1 Å². The van der Waals surface area contributed by atoms with Gasteiger partial charge in [-0.3, -0.25) is 15.0 Å². The summed E-state index contributed by atoms with van der Waals surface area (Å²) in [5.41, 5.74) is 1.35. The van der Waals surface area contributed by atoms with Crippen LogP contribution in [0, 0.1) is 10.1 Å². The summed E-state index contributed by atoms with van der Waals surface area (Å²) in [4.78, 5) is 12.8. The molecule has 112 valence electrons. The lowest BCUT2D eigenvalue weighted by molar-refractivity contribution is -0.384. The van der Waals surface area contributed by atoms with Gasteiger partial charge in [0.15, 0.2) is 0 Å². The molecule has 0 N–H and O–H groups in total. The minimum atomic E-state index is -0.356. The summed E-state index contributed by atoms with van der Waals surface area (Å²) in [5.74, 6) is 0. The van der Waals surface area contributed by atoms with E-state index in [0.29, 0.717) is 6.04 Å². The highest BCUT2D eigenvalue weighted by Crippen LogP contribution is 2.23. The third-order valence-electron chi connectivity index (χ3n) is 3.60. The Morgan fingerprint density at radius 1 is 1.25 bits per heavy atom. The molecular formula is C16H26N2O2. The molecule has 0 saturated heterocycles. The second-order valence-corrected chi connectivity index (χ2v) is 6.36. The summed E-state index contributed by atoms with van der Waals surface area (Å²) in [6.45, 7) is 11.9. The first kappa shape index (κ1) is 16.6. The third-order valence-corrected chi connectivity index (χ3v) is 3.60. The molecule has 0 aliphatic rings. The van der Waals surface area contributed by atoms with Gasteiger partial charge in [0.2, 0.25) is 0 Å². The predicted octanol–water partition coefficient (Wildman–Crippen LogP) is 4.38. The molecule has 0 amide bonds. The zero-order chi connectivity index (χ0) is 15.3. The molecule has 20 heavy (non-hydrogen) atoms. The summed E-state index contributed by atoms with van der Waals surface area (Å²) in [6.07, 6.45) is 2.32. The van der Waals surface area contributed by atoms with Crippen LogP contribution in [0.1, 0.15) is 53.0 Å². The first-order chi connectivity index (χ1) is 9.25. The Labute approximate surface area is 121 Å². The van der Waals surface area contributed by atoms with Crippen LogP contribution in [0.5, 0.6) is 0 Å². The molecular weight excluding hydrogens is 252 g/mol. The molecule has 4 nitrogen and oxygen atoms in total. The van der Waals surface area contributed by atoms with Crippen LogP contribution in [0.4, 0.5) is 5.69 Å². The number of nitrogens with zero attached hydrogens (tertiary/aromatic N) is 2. The van der Waals surface area contributed by atoms with Crippen molar-refractivity contribution in [3.05, 3.63) is 39.9 Å². The van der Waals surface area contributed by atoms with E-state index in [9.17, 15) is 10.1 Å². The van der Waals surface area contributed by atoms with Crippen LogP contribution in [-0.2, 0) is 6.54 Å². The van der Waals surface area contributed by atoms with E-state index in [1.807, 2.05) is 12.1 Å². The van der Waals surface area contributed by atoms with Gasteiger partial charge in [0.25, 0.3) is 5.69 Å². The molecule has 1 atom stereocenters. The van der Waals surface area contributed by atoms with Gasteiger partial charge < -0.3 is 0 Å². The molecule has 0 fully saturated rings. The Hall–Kier alpha value is -1.42. The van der Waals surface area contributed by atoms with E-state index >= 15 is 0 Å². The summed E-state index contributed by atoms with van der Waals surface area (Å²) in [6, 6.07) is 7.38. The van der Waals surface area contributed by atoms with E-state index in [1.165, 1.54) is 0 Å². The molecule has 1 rings (SSSR count). The minimum absolute atomic E-state index is 0.0797. The van der Waals surface area contributed by atoms with Crippen molar-refractivity contribution >= 4 is 5.69 Å². The van der Waals surface area contributed by atoms with Crippen molar-refractivity contribution in [2.24, 2.45) is 0 Å². The normalized spacial score (nSPS) is 13.5. The maximum atomic E-state index is 10.7. The molecule has 1 aromatic rings. The Bertz CT molecular complexity index is 435. The van der Waals surface area contributed by atoms with Crippen LogP contribution >= 0.6 is 0 Å². The van der Waals surface area contributed by atoms with Crippen molar-refractivity contribution in [2.45, 2.75) is 65.6 Å². The van der Waals surface area contributed by atoms with Crippen molar-refractivity contribution < 1.29 is 4.92 Å². The minimum Gasteiger partial charge on any atom is -0.292 e. The Balaban J connectivity index is 2.87. The highest BCUT2D eigenvalue weighted by atomic mass is 16.6. The van der Waals surface area contributed by atoms with Crippen LogP contribution in [0.25, 0.3) is 0 Å². The zero-order valence-corrected chi connectivity index (χ0v) is 13.2. The van der Waals surface area contributed by atoms with Crippen LogP contribution in [0.15, 0.2) is 24.3 Å². The Kier molecular flexibility index (Phi) is 5.69. The fourth-order valence-electron chi connectivity index (χ4n) is 2.55. The van der Waals surface area contributed by atoms with Crippen molar-refractivity contribution in [3.8, 4) is 0 Å². The maximum Gasteiger partial charge on any atom is 0.269 e. The largest absolute Gasteiger partial charge is 0.292 e. The van der Waals surface area contributed by atoms with Crippen LogP contribution in [0.2, 0.25) is 0 Å². The molecule has 0 aliphatic carbocycles. The summed E-state index contributed by atoms with van der Waals surface area (Å²) >= 11 is 0. The summed E-state index contributed by atoms with van der Waals surface area (Å²) < 4.78 is 0. The molecule has 0 aromatic heterocycles. The molecule has 1 unspecified atom stereocenters. The predicted molar refractivity (Wildman–Crippen MR) is 82.8 cm³/mol. The van der Waals surface area contributed by atoms with Gasteiger partial charge in [0.1, 0.15) is 0 Å². The number of benzene rings is 1. The van der Waals surface area contributed by atoms with Gasteiger partial charge in [-0.15, -0.1) is 0 Å². The van der Waals surface area contributed by atoms with Crippen molar-refractivity contribution in [1.29, 1.82) is 0 Å². The average molecular weight is 278 g/mol. The van der Waals surface area contributed by atoms with E-state index in [2.05, 4.69) is 39.5 Å². The monoisotopic (exact) mass is 278 g/mol. The van der Waals surface area contributed by atoms with Gasteiger partial charge >= 0.3 is 0 Å². The highest BCUT2D eigenvalue weighted by Gasteiger charge is 2.25. The molecule has 0 aliphatic heterocycles. The second kappa shape index (κ2) is 6.84. The van der Waals surface area contributed by atoms with E-state index in [4.69, 9.17) is 0 Å². The van der Waals surface area contributed by atoms with Gasteiger partial charge in [-0.1, -0.05) is 25.5 Å². The lowest BCUT2D eigenvalue weighted by atomic mass is 9.99. The van der Waals surface area contributed by atoms with Crippen molar-refractivity contribution in [2.75, 3.05) is 0 Å². The molecule has 1 aromatic carbocycles. The maximum absolute atomic E-state index is 10.7. The molecule has 4 heteroatoms. The topological polar surface area (TPSA) is 46.4 Å². The van der Waals surface area contributed by atoms with Gasteiger partial charge in [-0.2, -0.15) is 0 Å². The number of hydrogen-bond donors (Lipinski definition) is 0. The molecule has 0 saturated carbocycles. The SMILES string of the molecule is CCCC(C)N(Cc1ccc([N+](=O)[O-])cc1)C(C)(C)C.